The molecule has 206 valence electrons. The molecule has 1 aliphatic carbocycles. The van der Waals surface area contributed by atoms with E-state index in [9.17, 15) is 29.3 Å². The largest absolute Gasteiger partial charge is 0.393 e. The highest BCUT2D eigenvalue weighted by Crippen LogP contribution is 2.55. The Bertz CT molecular complexity index is 1220. The number of aromatic nitrogens is 2. The zero-order valence-corrected chi connectivity index (χ0v) is 22.2. The number of rotatable bonds is 9. The maximum absolute atomic E-state index is 11.9. The summed E-state index contributed by atoms with van der Waals surface area (Å²) in [6.45, 7) is -0.0652. The number of hydrogen-bond acceptors (Lipinski definition) is 10. The Morgan fingerprint density at radius 1 is 1.11 bits per heavy atom. The minimum atomic E-state index is -4.81. The Labute approximate surface area is 217 Å². The van der Waals surface area contributed by atoms with Crippen LogP contribution in [0.2, 0.25) is 5.28 Å². The summed E-state index contributed by atoms with van der Waals surface area (Å²) in [4.78, 5) is 36.0. The van der Waals surface area contributed by atoms with E-state index >= 15 is 0 Å². The summed E-state index contributed by atoms with van der Waals surface area (Å²) in [6.07, 6.45) is -2.00. The van der Waals surface area contributed by atoms with Crippen molar-refractivity contribution in [3.8, 4) is 0 Å². The van der Waals surface area contributed by atoms with Crippen LogP contribution in [-0.2, 0) is 18.4 Å². The second kappa shape index (κ2) is 11.5. The fourth-order valence-electron chi connectivity index (χ4n) is 4.74. The molecule has 0 amide bonds. The Morgan fingerprint density at radius 2 is 1.86 bits per heavy atom. The zero-order valence-electron chi connectivity index (χ0n) is 19.6. The maximum atomic E-state index is 11.9. The molecule has 37 heavy (non-hydrogen) atoms. The van der Waals surface area contributed by atoms with E-state index in [2.05, 4.69) is 15.3 Å². The molecular weight excluding hydrogens is 552 g/mol. The number of fused-ring (bicyclic) bond motifs is 1. The molecular formula is C21H30ClN3O10P2. The van der Waals surface area contributed by atoms with Gasteiger partial charge in [0.2, 0.25) is 5.28 Å². The fraction of sp³-hybridized carbons (Fsp3) is 0.619. The van der Waals surface area contributed by atoms with Crippen LogP contribution in [0.4, 0.5) is 5.82 Å². The van der Waals surface area contributed by atoms with Crippen LogP contribution in [0.1, 0.15) is 37.4 Å². The van der Waals surface area contributed by atoms with Crippen molar-refractivity contribution >= 4 is 43.5 Å². The normalized spacial score (nSPS) is 30.4. The summed E-state index contributed by atoms with van der Waals surface area (Å²) < 4.78 is 33.3. The Morgan fingerprint density at radius 3 is 2.57 bits per heavy atom. The lowest BCUT2D eigenvalue weighted by Crippen LogP contribution is -2.33. The number of aliphatic hydroxyl groups excluding tert-OH is 3. The van der Waals surface area contributed by atoms with Gasteiger partial charge in [-0.1, -0.05) is 12.5 Å². The van der Waals surface area contributed by atoms with Gasteiger partial charge in [-0.15, -0.1) is 0 Å². The van der Waals surface area contributed by atoms with Gasteiger partial charge in [-0.05, 0) is 54.5 Å². The Kier molecular flexibility index (Phi) is 8.94. The van der Waals surface area contributed by atoms with Gasteiger partial charge in [0.25, 0.3) is 0 Å². The molecule has 16 heteroatoms. The van der Waals surface area contributed by atoms with Crippen LogP contribution in [0, 0.1) is 5.92 Å². The average Bonchev–Trinajstić information content (AvgIpc) is 3.08. The third kappa shape index (κ3) is 7.46. The summed E-state index contributed by atoms with van der Waals surface area (Å²) in [7, 11) is -9.47. The molecule has 2 aliphatic rings. The molecule has 2 fully saturated rings. The van der Waals surface area contributed by atoms with E-state index < -0.39 is 52.1 Å². The highest BCUT2D eigenvalue weighted by atomic mass is 35.5. The number of anilines is 1. The molecule has 1 saturated carbocycles. The molecule has 2 heterocycles. The summed E-state index contributed by atoms with van der Waals surface area (Å²) in [5.41, 5.74) is 0.898. The third-order valence-corrected chi connectivity index (χ3v) is 10.1. The van der Waals surface area contributed by atoms with Gasteiger partial charge in [-0.2, -0.15) is 0 Å². The van der Waals surface area contributed by atoms with Gasteiger partial charge in [0, 0.05) is 11.9 Å². The zero-order chi connectivity index (χ0) is 27.0. The lowest BCUT2D eigenvalue weighted by atomic mass is 9.87. The van der Waals surface area contributed by atoms with Crippen LogP contribution < -0.4 is 5.32 Å². The molecule has 7 N–H and O–H groups in total. The molecule has 0 bridgehead atoms. The van der Waals surface area contributed by atoms with Crippen molar-refractivity contribution in [1.82, 2.24) is 9.97 Å². The number of halogens is 1. The van der Waals surface area contributed by atoms with E-state index in [4.69, 9.17) is 30.6 Å². The summed E-state index contributed by atoms with van der Waals surface area (Å²) in [6, 6.07) is 4.99. The monoisotopic (exact) mass is 581 g/mol. The van der Waals surface area contributed by atoms with Gasteiger partial charge in [-0.3, -0.25) is 9.13 Å². The van der Waals surface area contributed by atoms with E-state index in [0.29, 0.717) is 41.2 Å². The van der Waals surface area contributed by atoms with Crippen LogP contribution >= 0.6 is 26.8 Å². The van der Waals surface area contributed by atoms with Crippen molar-refractivity contribution in [1.29, 1.82) is 0 Å². The first-order valence-electron chi connectivity index (χ1n) is 11.7. The van der Waals surface area contributed by atoms with Crippen molar-refractivity contribution in [2.75, 3.05) is 24.4 Å². The standard InChI is InChI=1S/C21H30ClN3O10P2/c22-21-24-15-7-12(4-5-14(15)20(25-21)23-8-11-2-1-3-13(26)6-11)19-18(28)17(27)16(35-19)9-34-37(32,33)10-36(29,30)31/h4-5,7,11,13,16-19,26-28H,1-3,6,8-10H2,(H,32,33)(H,23,24,25)(H2,29,30,31)/t11?,13?,16-,17-,18-,19+/m1/s1. The summed E-state index contributed by atoms with van der Waals surface area (Å²) in [5, 5.41) is 34.8. The Balaban J connectivity index is 1.47. The predicted octanol–water partition coefficient (Wildman–Crippen LogP) is 1.75. The molecule has 1 aliphatic heterocycles. The molecule has 0 radical (unpaired) electrons. The Hall–Kier alpha value is -1.21. The minimum absolute atomic E-state index is 0.00113. The average molecular weight is 582 g/mol. The van der Waals surface area contributed by atoms with Gasteiger partial charge in [0.15, 0.2) is 5.90 Å². The number of ether oxygens (including phenoxy) is 1. The van der Waals surface area contributed by atoms with Crippen LogP contribution in [-0.4, -0.2) is 83.4 Å². The molecule has 3 unspecified atom stereocenters. The second-order valence-corrected chi connectivity index (χ2v) is 13.8. The molecule has 13 nitrogen and oxygen atoms in total. The molecule has 0 spiro atoms. The van der Waals surface area contributed by atoms with E-state index in [0.717, 1.165) is 19.3 Å². The minimum Gasteiger partial charge on any atom is -0.393 e. The first-order chi connectivity index (χ1) is 17.3. The lowest BCUT2D eigenvalue weighted by molar-refractivity contribution is -0.0186. The number of aliphatic hydroxyl groups is 3. The van der Waals surface area contributed by atoms with E-state index in [1.54, 1.807) is 18.2 Å². The van der Waals surface area contributed by atoms with Crippen molar-refractivity contribution < 1.29 is 48.4 Å². The smallest absolute Gasteiger partial charge is 0.340 e. The number of nitrogens with one attached hydrogen (secondary N) is 1. The molecule has 1 aromatic heterocycles. The van der Waals surface area contributed by atoms with Crippen LogP contribution in [0.5, 0.6) is 0 Å². The predicted molar refractivity (Wildman–Crippen MR) is 133 cm³/mol. The summed E-state index contributed by atoms with van der Waals surface area (Å²) >= 11 is 6.14. The lowest BCUT2D eigenvalue weighted by Gasteiger charge is -2.26. The molecule has 2 aromatic rings. The third-order valence-electron chi connectivity index (χ3n) is 6.50. The highest BCUT2D eigenvalue weighted by molar-refractivity contribution is 7.70. The first kappa shape index (κ1) is 28.8. The van der Waals surface area contributed by atoms with Gasteiger partial charge in [-0.25, -0.2) is 9.97 Å². The second-order valence-electron chi connectivity index (χ2n) is 9.50. The van der Waals surface area contributed by atoms with Gasteiger partial charge < -0.3 is 44.6 Å². The van der Waals surface area contributed by atoms with E-state index in [1.165, 1.54) is 0 Å². The number of hydrogen-bond donors (Lipinski definition) is 7. The number of benzene rings is 1. The number of nitrogens with zero attached hydrogens (tertiary/aromatic N) is 2. The first-order valence-corrected chi connectivity index (χ1v) is 15.7. The molecule has 7 atom stereocenters. The van der Waals surface area contributed by atoms with Crippen molar-refractivity contribution in [2.24, 2.45) is 5.92 Å². The molecule has 1 aromatic carbocycles. The summed E-state index contributed by atoms with van der Waals surface area (Å²) in [5.74, 6) is -0.563. The van der Waals surface area contributed by atoms with E-state index in [1.807, 2.05) is 0 Å². The molecule has 1 saturated heterocycles. The van der Waals surface area contributed by atoms with Gasteiger partial charge >= 0.3 is 15.2 Å². The van der Waals surface area contributed by atoms with Crippen LogP contribution in [0.3, 0.4) is 0 Å². The SMILES string of the molecule is O=P(O)(O)CP(=O)(O)OC[C@H]1O[C@@H](c2ccc3c(NCC4CCCC(O)C4)nc(Cl)nc3c2)[C@H](O)[C@@H]1O. The quantitative estimate of drug-likeness (QED) is 0.166. The van der Waals surface area contributed by atoms with Crippen LogP contribution in [0.25, 0.3) is 10.9 Å². The van der Waals surface area contributed by atoms with Crippen LogP contribution in [0.15, 0.2) is 18.2 Å². The fourth-order valence-corrected chi connectivity index (χ4v) is 7.49. The van der Waals surface area contributed by atoms with E-state index in [-0.39, 0.29) is 11.4 Å². The van der Waals surface area contributed by atoms with Crippen molar-refractivity contribution in [3.05, 3.63) is 29.0 Å². The van der Waals surface area contributed by atoms with Crippen molar-refractivity contribution in [2.45, 2.75) is 56.2 Å². The van der Waals surface area contributed by atoms with Gasteiger partial charge in [0.1, 0.15) is 30.2 Å². The van der Waals surface area contributed by atoms with Crippen molar-refractivity contribution in [3.63, 3.8) is 0 Å². The maximum Gasteiger partial charge on any atom is 0.340 e. The highest BCUT2D eigenvalue weighted by Gasteiger charge is 2.45. The topological polar surface area (TPSA) is 212 Å². The van der Waals surface area contributed by atoms with Gasteiger partial charge in [0.05, 0.1) is 18.2 Å². The molecule has 4 rings (SSSR count).